The number of thiazole rings is 1. The second kappa shape index (κ2) is 9.86. The fraction of sp³-hybridized carbons (Fsp3) is 0.364. The SMILES string of the molecule is CCN(CC)S(=O)(=O)c1ccc(C(=O)N=c2sc3cc(C)ccc3n2CCOC)cc1. The molecule has 1 heterocycles. The number of carbonyl (C=O) groups excluding carboxylic acids is 1. The summed E-state index contributed by atoms with van der Waals surface area (Å²) in [4.78, 5) is 17.9. The minimum absolute atomic E-state index is 0.167. The van der Waals surface area contributed by atoms with Crippen molar-refractivity contribution in [3.05, 3.63) is 58.4 Å². The van der Waals surface area contributed by atoms with E-state index in [4.69, 9.17) is 4.74 Å². The summed E-state index contributed by atoms with van der Waals surface area (Å²) in [5.74, 6) is -0.416. The molecular formula is C22H27N3O4S2. The van der Waals surface area contributed by atoms with Gasteiger partial charge in [0.2, 0.25) is 10.0 Å². The highest BCUT2D eigenvalue weighted by Gasteiger charge is 2.21. The van der Waals surface area contributed by atoms with Crippen molar-refractivity contribution in [3.8, 4) is 0 Å². The average molecular weight is 462 g/mol. The first-order valence-electron chi connectivity index (χ1n) is 10.1. The van der Waals surface area contributed by atoms with Gasteiger partial charge in [0.25, 0.3) is 5.91 Å². The molecule has 2 aromatic carbocycles. The maximum absolute atomic E-state index is 12.8. The number of methoxy groups -OCH3 is 1. The van der Waals surface area contributed by atoms with E-state index < -0.39 is 15.9 Å². The van der Waals surface area contributed by atoms with Crippen LogP contribution in [0.3, 0.4) is 0 Å². The normalized spacial score (nSPS) is 12.7. The lowest BCUT2D eigenvalue weighted by molar-refractivity contribution is 0.0997. The van der Waals surface area contributed by atoms with E-state index in [2.05, 4.69) is 11.1 Å². The summed E-state index contributed by atoms with van der Waals surface area (Å²) in [6, 6.07) is 12.1. The summed E-state index contributed by atoms with van der Waals surface area (Å²) in [6.45, 7) is 7.47. The Morgan fingerprint density at radius 1 is 1.13 bits per heavy atom. The second-order valence-corrected chi connectivity index (χ2v) is 9.98. The van der Waals surface area contributed by atoms with Crippen LogP contribution in [-0.4, -0.2) is 50.0 Å². The van der Waals surface area contributed by atoms with Crippen LogP contribution in [0.4, 0.5) is 0 Å². The Hall–Kier alpha value is -2.33. The van der Waals surface area contributed by atoms with Crippen LogP contribution in [-0.2, 0) is 21.3 Å². The van der Waals surface area contributed by atoms with E-state index in [1.807, 2.05) is 23.6 Å². The Labute approximate surface area is 186 Å². The van der Waals surface area contributed by atoms with Crippen molar-refractivity contribution in [3.63, 3.8) is 0 Å². The van der Waals surface area contributed by atoms with Crippen LogP contribution < -0.4 is 4.80 Å². The van der Waals surface area contributed by atoms with Gasteiger partial charge in [-0.3, -0.25) is 4.79 Å². The number of nitrogens with zero attached hydrogens (tertiary/aromatic N) is 3. The molecule has 1 amide bonds. The van der Waals surface area contributed by atoms with Crippen LogP contribution >= 0.6 is 11.3 Å². The third-order valence-electron chi connectivity index (χ3n) is 5.00. The lowest BCUT2D eigenvalue weighted by atomic mass is 10.2. The average Bonchev–Trinajstić information content (AvgIpc) is 3.08. The Morgan fingerprint density at radius 3 is 2.42 bits per heavy atom. The van der Waals surface area contributed by atoms with Crippen molar-refractivity contribution < 1.29 is 17.9 Å². The van der Waals surface area contributed by atoms with E-state index >= 15 is 0 Å². The maximum Gasteiger partial charge on any atom is 0.279 e. The van der Waals surface area contributed by atoms with Crippen molar-refractivity contribution in [2.45, 2.75) is 32.2 Å². The molecule has 0 aliphatic carbocycles. The molecule has 3 rings (SSSR count). The predicted molar refractivity (Wildman–Crippen MR) is 123 cm³/mol. The molecule has 0 radical (unpaired) electrons. The number of hydrogen-bond acceptors (Lipinski definition) is 5. The van der Waals surface area contributed by atoms with Crippen LogP contribution in [0.1, 0.15) is 29.8 Å². The van der Waals surface area contributed by atoms with E-state index in [0.717, 1.165) is 15.8 Å². The monoisotopic (exact) mass is 461 g/mol. The molecule has 31 heavy (non-hydrogen) atoms. The largest absolute Gasteiger partial charge is 0.383 e. The lowest BCUT2D eigenvalue weighted by Gasteiger charge is -2.18. The number of aromatic nitrogens is 1. The molecule has 0 atom stereocenters. The van der Waals surface area contributed by atoms with Gasteiger partial charge in [-0.15, -0.1) is 0 Å². The molecule has 0 aliphatic heterocycles. The third-order valence-corrected chi connectivity index (χ3v) is 8.10. The molecule has 0 fully saturated rings. The molecular weight excluding hydrogens is 434 g/mol. The van der Waals surface area contributed by atoms with Gasteiger partial charge in [-0.05, 0) is 48.9 Å². The first-order valence-corrected chi connectivity index (χ1v) is 12.4. The Balaban J connectivity index is 1.98. The molecule has 0 N–H and O–H groups in total. The van der Waals surface area contributed by atoms with Gasteiger partial charge >= 0.3 is 0 Å². The van der Waals surface area contributed by atoms with E-state index in [1.165, 1.54) is 39.9 Å². The van der Waals surface area contributed by atoms with Crippen molar-refractivity contribution >= 4 is 37.5 Å². The summed E-state index contributed by atoms with van der Waals surface area (Å²) in [5.41, 5.74) is 2.47. The molecule has 0 bridgehead atoms. The minimum atomic E-state index is -3.57. The van der Waals surface area contributed by atoms with E-state index in [-0.39, 0.29) is 4.90 Å². The van der Waals surface area contributed by atoms with E-state index in [9.17, 15) is 13.2 Å². The van der Waals surface area contributed by atoms with Gasteiger partial charge in [-0.2, -0.15) is 9.30 Å². The number of benzene rings is 2. The van der Waals surface area contributed by atoms with Gasteiger partial charge in [0, 0.05) is 32.3 Å². The summed E-state index contributed by atoms with van der Waals surface area (Å²) in [6.07, 6.45) is 0. The molecule has 0 spiro atoms. The summed E-state index contributed by atoms with van der Waals surface area (Å²) < 4.78 is 34.9. The first-order chi connectivity index (χ1) is 14.8. The highest BCUT2D eigenvalue weighted by Crippen LogP contribution is 2.20. The Bertz CT molecular complexity index is 1240. The fourth-order valence-corrected chi connectivity index (χ4v) is 5.91. The molecule has 166 valence electrons. The number of carbonyl (C=O) groups is 1. The van der Waals surface area contributed by atoms with Crippen LogP contribution in [0.5, 0.6) is 0 Å². The predicted octanol–water partition coefficient (Wildman–Crippen LogP) is 3.43. The smallest absolute Gasteiger partial charge is 0.279 e. The van der Waals surface area contributed by atoms with Gasteiger partial charge in [0.1, 0.15) is 0 Å². The van der Waals surface area contributed by atoms with Gasteiger partial charge in [0.05, 0.1) is 21.7 Å². The topological polar surface area (TPSA) is 81.0 Å². The minimum Gasteiger partial charge on any atom is -0.383 e. The van der Waals surface area contributed by atoms with Crippen molar-refractivity contribution in [2.75, 3.05) is 26.8 Å². The first kappa shape index (κ1) is 23.3. The van der Waals surface area contributed by atoms with Crippen molar-refractivity contribution in [1.29, 1.82) is 0 Å². The zero-order valence-electron chi connectivity index (χ0n) is 18.2. The molecule has 0 saturated heterocycles. The molecule has 0 unspecified atom stereocenters. The van der Waals surface area contributed by atoms with Crippen LogP contribution in [0.15, 0.2) is 52.4 Å². The zero-order valence-corrected chi connectivity index (χ0v) is 19.8. The molecule has 9 heteroatoms. The molecule has 0 saturated carbocycles. The number of hydrogen-bond donors (Lipinski definition) is 0. The van der Waals surface area contributed by atoms with Gasteiger partial charge in [-0.1, -0.05) is 31.3 Å². The highest BCUT2D eigenvalue weighted by atomic mass is 32.2. The number of sulfonamides is 1. The quantitative estimate of drug-likeness (QED) is 0.515. The van der Waals surface area contributed by atoms with Gasteiger partial charge in [-0.25, -0.2) is 8.42 Å². The number of ether oxygens (including phenoxy) is 1. The van der Waals surface area contributed by atoms with Gasteiger partial charge < -0.3 is 9.30 Å². The third kappa shape index (κ3) is 4.95. The van der Waals surface area contributed by atoms with Gasteiger partial charge in [0.15, 0.2) is 4.80 Å². The molecule has 1 aromatic heterocycles. The summed E-state index contributed by atoms with van der Waals surface area (Å²) >= 11 is 1.45. The number of amides is 1. The molecule has 0 aliphatic rings. The zero-order chi connectivity index (χ0) is 22.6. The standard InChI is InChI=1S/C22H27N3O4S2/c1-5-24(6-2)31(27,28)18-10-8-17(9-11-18)21(26)23-22-25(13-14-29-4)19-12-7-16(3)15-20(19)30-22/h7-12,15H,5-6,13-14H2,1-4H3. The van der Waals surface area contributed by atoms with Crippen molar-refractivity contribution in [1.82, 2.24) is 8.87 Å². The maximum atomic E-state index is 12.8. The second-order valence-electron chi connectivity index (χ2n) is 7.03. The van der Waals surface area contributed by atoms with Crippen LogP contribution in [0.2, 0.25) is 0 Å². The van der Waals surface area contributed by atoms with E-state index in [0.29, 0.717) is 36.6 Å². The van der Waals surface area contributed by atoms with Crippen LogP contribution in [0.25, 0.3) is 10.2 Å². The number of fused-ring (bicyclic) bond motifs is 1. The molecule has 7 nitrogen and oxygen atoms in total. The van der Waals surface area contributed by atoms with Crippen molar-refractivity contribution in [2.24, 2.45) is 4.99 Å². The summed E-state index contributed by atoms with van der Waals surface area (Å²) in [5, 5.41) is 0. The Kier molecular flexibility index (Phi) is 7.42. The van der Waals surface area contributed by atoms with E-state index in [1.54, 1.807) is 21.0 Å². The number of aryl methyl sites for hydroxylation is 1. The van der Waals surface area contributed by atoms with Crippen LogP contribution in [0, 0.1) is 6.92 Å². The number of rotatable bonds is 8. The Morgan fingerprint density at radius 2 is 1.81 bits per heavy atom. The highest BCUT2D eigenvalue weighted by molar-refractivity contribution is 7.89. The fourth-order valence-electron chi connectivity index (χ4n) is 3.30. The molecule has 3 aromatic rings. The summed E-state index contributed by atoms with van der Waals surface area (Å²) in [7, 11) is -1.93. The lowest BCUT2D eigenvalue weighted by Crippen LogP contribution is -2.30.